The van der Waals surface area contributed by atoms with Crippen molar-refractivity contribution in [2.75, 3.05) is 13.1 Å². The van der Waals surface area contributed by atoms with Gasteiger partial charge < -0.3 is 38.3 Å². The van der Waals surface area contributed by atoms with Gasteiger partial charge in [-0.2, -0.15) is 0 Å². The molecule has 30 heavy (non-hydrogen) atoms. The number of nitrogens with one attached hydrogen (secondary N) is 3. The smallest absolute Gasteiger partial charge is 0.326 e. The van der Waals surface area contributed by atoms with Crippen LogP contribution in [0.2, 0.25) is 0 Å². The maximum Gasteiger partial charge on any atom is 0.326 e. The predicted molar refractivity (Wildman–Crippen MR) is 109 cm³/mol. The van der Waals surface area contributed by atoms with Crippen molar-refractivity contribution in [1.82, 2.24) is 16.0 Å². The van der Waals surface area contributed by atoms with E-state index < -0.39 is 60.7 Å². The summed E-state index contributed by atoms with van der Waals surface area (Å²) in [6.45, 7) is 3.38. The number of carbonyl (C=O) groups is 5. The molecular formula is C18H34N6O6. The van der Waals surface area contributed by atoms with Crippen LogP contribution in [0, 0.1) is 5.92 Å². The lowest BCUT2D eigenvalue weighted by molar-refractivity contribution is -0.143. The number of nitrogens with two attached hydrogens (primary N) is 3. The van der Waals surface area contributed by atoms with Crippen molar-refractivity contribution in [3.05, 3.63) is 0 Å². The van der Waals surface area contributed by atoms with Crippen molar-refractivity contribution in [3.63, 3.8) is 0 Å². The standard InChI is InChI=1S/C18H34N6O6/c1-3-10(2)15(18(29)30)24-14(26)9-22-17(28)12(8-13(21)25)23-16(27)11(20)6-4-5-7-19/h10-12,15H,3-9,19-20H2,1-2H3,(H2,21,25)(H,22,28)(H,23,27)(H,24,26)(H,29,30)/t10-,11-,12-,15-/m0/s1. The molecule has 0 unspecified atom stereocenters. The fraction of sp³-hybridized carbons (Fsp3) is 0.722. The van der Waals surface area contributed by atoms with Crippen molar-refractivity contribution >= 4 is 29.6 Å². The minimum absolute atomic E-state index is 0.315. The van der Waals surface area contributed by atoms with Crippen LogP contribution in [0.15, 0.2) is 0 Å². The third kappa shape index (κ3) is 10.7. The summed E-state index contributed by atoms with van der Waals surface area (Å²) in [6, 6.07) is -3.31. The van der Waals surface area contributed by atoms with Gasteiger partial charge in [0.25, 0.3) is 0 Å². The fourth-order valence-electron chi connectivity index (χ4n) is 2.53. The van der Waals surface area contributed by atoms with Gasteiger partial charge in [-0.3, -0.25) is 19.2 Å². The van der Waals surface area contributed by atoms with Gasteiger partial charge >= 0.3 is 5.97 Å². The third-order valence-electron chi connectivity index (χ3n) is 4.56. The summed E-state index contributed by atoms with van der Waals surface area (Å²) in [5.41, 5.74) is 16.3. The molecule has 0 saturated heterocycles. The summed E-state index contributed by atoms with van der Waals surface area (Å²) in [7, 11) is 0. The van der Waals surface area contributed by atoms with Crippen LogP contribution >= 0.6 is 0 Å². The van der Waals surface area contributed by atoms with Crippen LogP contribution in [0.4, 0.5) is 0 Å². The van der Waals surface area contributed by atoms with E-state index >= 15 is 0 Å². The van der Waals surface area contributed by atoms with Crippen LogP contribution in [0.1, 0.15) is 46.0 Å². The molecule has 10 N–H and O–H groups in total. The summed E-state index contributed by atoms with van der Waals surface area (Å²) < 4.78 is 0. The molecule has 0 aromatic heterocycles. The molecule has 0 aliphatic rings. The van der Waals surface area contributed by atoms with Crippen LogP contribution in [-0.4, -0.2) is 65.9 Å². The second kappa shape index (κ2) is 14.3. The Morgan fingerprint density at radius 3 is 2.17 bits per heavy atom. The SMILES string of the molecule is CC[C@H](C)[C@H](NC(=O)CNC(=O)[C@H](CC(N)=O)NC(=O)[C@@H](N)CCCCN)C(=O)O. The first-order valence-electron chi connectivity index (χ1n) is 9.87. The number of unbranched alkanes of at least 4 members (excludes halogenated alkanes) is 1. The second-order valence-electron chi connectivity index (χ2n) is 7.11. The van der Waals surface area contributed by atoms with Crippen LogP contribution in [0.3, 0.4) is 0 Å². The quantitative estimate of drug-likeness (QED) is 0.138. The van der Waals surface area contributed by atoms with E-state index in [2.05, 4.69) is 16.0 Å². The van der Waals surface area contributed by atoms with E-state index in [0.29, 0.717) is 32.2 Å². The van der Waals surface area contributed by atoms with E-state index in [-0.39, 0.29) is 5.92 Å². The molecule has 0 fully saturated rings. The summed E-state index contributed by atoms with van der Waals surface area (Å²) >= 11 is 0. The molecule has 0 aliphatic heterocycles. The fourth-order valence-corrected chi connectivity index (χ4v) is 2.53. The van der Waals surface area contributed by atoms with E-state index in [1.165, 1.54) is 0 Å². The number of rotatable bonds is 15. The zero-order valence-corrected chi connectivity index (χ0v) is 17.5. The molecule has 0 aromatic rings. The Morgan fingerprint density at radius 2 is 1.67 bits per heavy atom. The van der Waals surface area contributed by atoms with Gasteiger partial charge in [-0.15, -0.1) is 0 Å². The number of primary amides is 1. The summed E-state index contributed by atoms with van der Waals surface area (Å²) in [5.74, 6) is -4.52. The highest BCUT2D eigenvalue weighted by atomic mass is 16.4. The highest BCUT2D eigenvalue weighted by molar-refractivity contribution is 5.95. The maximum absolute atomic E-state index is 12.3. The Kier molecular flexibility index (Phi) is 13.0. The number of carboxylic acid groups (broad SMARTS) is 1. The van der Waals surface area contributed by atoms with Crippen LogP contribution in [0.5, 0.6) is 0 Å². The Hall–Kier alpha value is -2.73. The Labute approximate surface area is 175 Å². The molecule has 0 radical (unpaired) electrons. The van der Waals surface area contributed by atoms with Crippen LogP contribution in [-0.2, 0) is 24.0 Å². The molecule has 0 spiro atoms. The number of carboxylic acids is 1. The van der Waals surface area contributed by atoms with Crippen molar-refractivity contribution < 1.29 is 29.1 Å². The molecule has 0 heterocycles. The van der Waals surface area contributed by atoms with Gasteiger partial charge in [-0.05, 0) is 25.3 Å². The molecule has 12 heteroatoms. The first-order chi connectivity index (χ1) is 14.0. The van der Waals surface area contributed by atoms with E-state index in [0.717, 1.165) is 0 Å². The molecular weight excluding hydrogens is 396 g/mol. The van der Waals surface area contributed by atoms with Crippen molar-refractivity contribution in [2.24, 2.45) is 23.1 Å². The molecule has 12 nitrogen and oxygen atoms in total. The van der Waals surface area contributed by atoms with Crippen LogP contribution in [0.25, 0.3) is 0 Å². The summed E-state index contributed by atoms with van der Waals surface area (Å²) in [6.07, 6.45) is 1.71. The van der Waals surface area contributed by atoms with E-state index in [1.807, 2.05) is 0 Å². The lowest BCUT2D eigenvalue weighted by Crippen LogP contribution is -2.54. The van der Waals surface area contributed by atoms with Crippen molar-refractivity contribution in [3.8, 4) is 0 Å². The van der Waals surface area contributed by atoms with E-state index in [9.17, 15) is 29.1 Å². The van der Waals surface area contributed by atoms with Crippen LogP contribution < -0.4 is 33.2 Å². The Morgan fingerprint density at radius 1 is 1.03 bits per heavy atom. The van der Waals surface area contributed by atoms with Gasteiger partial charge in [0.1, 0.15) is 12.1 Å². The van der Waals surface area contributed by atoms with Gasteiger partial charge in [0, 0.05) is 0 Å². The molecule has 4 atom stereocenters. The monoisotopic (exact) mass is 430 g/mol. The topological polar surface area (TPSA) is 220 Å². The van der Waals surface area contributed by atoms with Gasteiger partial charge in [0.15, 0.2) is 0 Å². The lowest BCUT2D eigenvalue weighted by atomic mass is 9.99. The zero-order valence-electron chi connectivity index (χ0n) is 17.5. The van der Waals surface area contributed by atoms with Gasteiger partial charge in [-0.1, -0.05) is 26.7 Å². The highest BCUT2D eigenvalue weighted by Crippen LogP contribution is 2.07. The minimum Gasteiger partial charge on any atom is -0.480 e. The van der Waals surface area contributed by atoms with E-state index in [4.69, 9.17) is 17.2 Å². The second-order valence-corrected chi connectivity index (χ2v) is 7.11. The molecule has 0 saturated carbocycles. The molecule has 0 rings (SSSR count). The normalized spacial score (nSPS) is 14.7. The average Bonchev–Trinajstić information content (AvgIpc) is 2.68. The molecule has 4 amide bonds. The number of aliphatic carboxylic acids is 1. The van der Waals surface area contributed by atoms with Gasteiger partial charge in [0.05, 0.1) is 19.0 Å². The average molecular weight is 431 g/mol. The maximum atomic E-state index is 12.3. The molecule has 0 aromatic carbocycles. The molecule has 0 aliphatic carbocycles. The number of carbonyl (C=O) groups excluding carboxylic acids is 4. The van der Waals surface area contributed by atoms with Crippen molar-refractivity contribution in [1.29, 1.82) is 0 Å². The largest absolute Gasteiger partial charge is 0.480 e. The lowest BCUT2D eigenvalue weighted by Gasteiger charge is -2.21. The zero-order chi connectivity index (χ0) is 23.3. The Balaban J connectivity index is 4.83. The van der Waals surface area contributed by atoms with Gasteiger partial charge in [0.2, 0.25) is 23.6 Å². The number of hydrogen-bond acceptors (Lipinski definition) is 7. The molecule has 172 valence electrons. The highest BCUT2D eigenvalue weighted by Gasteiger charge is 2.28. The predicted octanol–water partition coefficient (Wildman–Crippen LogP) is -2.47. The van der Waals surface area contributed by atoms with Gasteiger partial charge in [-0.25, -0.2) is 4.79 Å². The summed E-state index contributed by atoms with van der Waals surface area (Å²) in [5, 5.41) is 16.1. The molecule has 0 bridgehead atoms. The Bertz CT molecular complexity index is 614. The van der Waals surface area contributed by atoms with Crippen molar-refractivity contribution in [2.45, 2.75) is 64.1 Å². The first kappa shape index (κ1) is 27.3. The minimum atomic E-state index is -1.31. The third-order valence-corrected chi connectivity index (χ3v) is 4.56. The number of amides is 4. The summed E-state index contributed by atoms with van der Waals surface area (Å²) in [4.78, 5) is 59.0. The number of hydrogen-bond donors (Lipinski definition) is 7. The first-order valence-corrected chi connectivity index (χ1v) is 9.87. The van der Waals surface area contributed by atoms with E-state index in [1.54, 1.807) is 13.8 Å².